The zero-order valence-electron chi connectivity index (χ0n) is 12.0. The Labute approximate surface area is 128 Å². The fraction of sp³-hybridized carbons (Fsp3) is 0.167. The zero-order valence-corrected chi connectivity index (χ0v) is 12.0. The molecule has 4 heteroatoms. The molecule has 0 saturated heterocycles. The van der Waals surface area contributed by atoms with Crippen molar-refractivity contribution in [2.45, 2.75) is 12.5 Å². The van der Waals surface area contributed by atoms with Gasteiger partial charge in [-0.2, -0.15) is 0 Å². The van der Waals surface area contributed by atoms with E-state index in [1.807, 2.05) is 54.6 Å². The van der Waals surface area contributed by atoms with Crippen LogP contribution in [-0.4, -0.2) is 17.6 Å². The van der Waals surface area contributed by atoms with Crippen molar-refractivity contribution in [1.82, 2.24) is 5.32 Å². The summed E-state index contributed by atoms with van der Waals surface area (Å²) >= 11 is 0. The highest BCUT2D eigenvalue weighted by Crippen LogP contribution is 2.20. The lowest BCUT2D eigenvalue weighted by atomic mass is 10.1. The van der Waals surface area contributed by atoms with Crippen LogP contribution < -0.4 is 5.32 Å². The van der Waals surface area contributed by atoms with Crippen molar-refractivity contribution in [3.05, 3.63) is 72.0 Å². The Morgan fingerprint density at radius 1 is 1.09 bits per heavy atom. The zero-order chi connectivity index (χ0) is 15.4. The van der Waals surface area contributed by atoms with E-state index in [0.717, 1.165) is 10.9 Å². The van der Waals surface area contributed by atoms with Gasteiger partial charge in [-0.1, -0.05) is 48.5 Å². The third kappa shape index (κ3) is 3.02. The van der Waals surface area contributed by atoms with Crippen molar-refractivity contribution in [2.24, 2.45) is 0 Å². The molecule has 4 nitrogen and oxygen atoms in total. The summed E-state index contributed by atoms with van der Waals surface area (Å²) in [5, 5.41) is 13.7. The molecule has 0 saturated carbocycles. The van der Waals surface area contributed by atoms with Crippen molar-refractivity contribution in [3.63, 3.8) is 0 Å². The van der Waals surface area contributed by atoms with E-state index in [-0.39, 0.29) is 5.91 Å². The summed E-state index contributed by atoms with van der Waals surface area (Å²) < 4.78 is 5.36. The number of amides is 1. The molecule has 3 rings (SSSR count). The quantitative estimate of drug-likeness (QED) is 0.759. The highest BCUT2D eigenvalue weighted by atomic mass is 16.3. The Kier molecular flexibility index (Phi) is 4.21. The molecule has 0 radical (unpaired) electrons. The number of furan rings is 1. The van der Waals surface area contributed by atoms with Gasteiger partial charge < -0.3 is 14.8 Å². The molecule has 1 heterocycles. The van der Waals surface area contributed by atoms with Crippen LogP contribution in [0.3, 0.4) is 0 Å². The Bertz CT molecular complexity index is 764. The number of hydrogen-bond acceptors (Lipinski definition) is 3. The van der Waals surface area contributed by atoms with Crippen molar-refractivity contribution < 1.29 is 14.3 Å². The number of carbonyl (C=O) groups excluding carboxylic acids is 1. The molecule has 1 unspecified atom stereocenters. The highest BCUT2D eigenvalue weighted by molar-refractivity contribution is 6.05. The van der Waals surface area contributed by atoms with Crippen LogP contribution in [0, 0.1) is 0 Å². The molecule has 0 aliphatic carbocycles. The van der Waals surface area contributed by atoms with Crippen molar-refractivity contribution in [1.29, 1.82) is 0 Å². The molecule has 2 aromatic carbocycles. The molecule has 0 bridgehead atoms. The fourth-order valence-electron chi connectivity index (χ4n) is 2.41. The predicted octanol–water partition coefficient (Wildman–Crippen LogP) is 3.29. The summed E-state index contributed by atoms with van der Waals surface area (Å²) in [7, 11) is 0. The van der Waals surface area contributed by atoms with Gasteiger partial charge in [0.2, 0.25) is 0 Å². The molecular formula is C18H17NO3. The largest absolute Gasteiger partial charge is 0.463 e. The van der Waals surface area contributed by atoms with Gasteiger partial charge in [-0.25, -0.2) is 0 Å². The summed E-state index contributed by atoms with van der Waals surface area (Å²) in [6, 6.07) is 16.8. The molecule has 0 fully saturated rings. The van der Waals surface area contributed by atoms with Crippen molar-refractivity contribution in [2.75, 3.05) is 6.54 Å². The molecule has 0 aliphatic rings. The van der Waals surface area contributed by atoms with Crippen LogP contribution in [0.2, 0.25) is 0 Å². The van der Waals surface area contributed by atoms with Gasteiger partial charge in [-0.05, 0) is 18.1 Å². The SMILES string of the molecule is O=C(NCCC(O)c1ccccc1)c1coc2ccccc12. The van der Waals surface area contributed by atoms with Gasteiger partial charge >= 0.3 is 0 Å². The molecule has 1 aromatic heterocycles. The minimum absolute atomic E-state index is 0.190. The average Bonchev–Trinajstić information content (AvgIpc) is 2.99. The third-order valence-electron chi connectivity index (χ3n) is 3.61. The number of aliphatic hydroxyl groups is 1. The number of benzene rings is 2. The van der Waals surface area contributed by atoms with Crippen LogP contribution in [0.5, 0.6) is 0 Å². The van der Waals surface area contributed by atoms with E-state index in [0.29, 0.717) is 24.1 Å². The summed E-state index contributed by atoms with van der Waals surface area (Å²) in [4.78, 5) is 12.2. The Hall–Kier alpha value is -2.59. The molecule has 1 amide bonds. The highest BCUT2D eigenvalue weighted by Gasteiger charge is 2.13. The van der Waals surface area contributed by atoms with Crippen LogP contribution >= 0.6 is 0 Å². The number of carbonyl (C=O) groups is 1. The van der Waals surface area contributed by atoms with E-state index in [1.54, 1.807) is 0 Å². The average molecular weight is 295 g/mol. The van der Waals surface area contributed by atoms with E-state index < -0.39 is 6.10 Å². The number of para-hydroxylation sites is 1. The van der Waals surface area contributed by atoms with Gasteiger partial charge in [0, 0.05) is 11.9 Å². The second-order valence-electron chi connectivity index (χ2n) is 5.12. The van der Waals surface area contributed by atoms with Crippen molar-refractivity contribution >= 4 is 16.9 Å². The predicted molar refractivity (Wildman–Crippen MR) is 84.6 cm³/mol. The molecule has 0 aliphatic heterocycles. The first-order chi connectivity index (χ1) is 10.8. The second kappa shape index (κ2) is 6.45. The number of aliphatic hydroxyl groups excluding tert-OH is 1. The summed E-state index contributed by atoms with van der Waals surface area (Å²) in [6.07, 6.45) is 1.35. The van der Waals surface area contributed by atoms with Crippen LogP contribution in [0.25, 0.3) is 11.0 Å². The van der Waals surface area contributed by atoms with Crippen molar-refractivity contribution in [3.8, 4) is 0 Å². The van der Waals surface area contributed by atoms with E-state index in [1.165, 1.54) is 6.26 Å². The van der Waals surface area contributed by atoms with Gasteiger partial charge in [0.25, 0.3) is 5.91 Å². The van der Waals surface area contributed by atoms with Gasteiger partial charge in [0.1, 0.15) is 11.8 Å². The van der Waals surface area contributed by atoms with Gasteiger partial charge in [-0.3, -0.25) is 4.79 Å². The number of fused-ring (bicyclic) bond motifs is 1. The van der Waals surface area contributed by atoms with Crippen LogP contribution in [0.15, 0.2) is 65.3 Å². The van der Waals surface area contributed by atoms with E-state index in [4.69, 9.17) is 4.42 Å². The van der Waals surface area contributed by atoms with Gasteiger partial charge in [0.15, 0.2) is 0 Å². The first-order valence-electron chi connectivity index (χ1n) is 7.23. The maximum atomic E-state index is 12.2. The Balaban J connectivity index is 1.59. The topological polar surface area (TPSA) is 62.5 Å². The third-order valence-corrected chi connectivity index (χ3v) is 3.61. The monoisotopic (exact) mass is 295 g/mol. The normalized spacial score (nSPS) is 12.2. The maximum Gasteiger partial charge on any atom is 0.255 e. The lowest BCUT2D eigenvalue weighted by Gasteiger charge is -2.11. The summed E-state index contributed by atoms with van der Waals surface area (Å²) in [6.45, 7) is 0.397. The summed E-state index contributed by atoms with van der Waals surface area (Å²) in [5.41, 5.74) is 2.06. The number of rotatable bonds is 5. The van der Waals surface area contributed by atoms with Crippen LogP contribution in [0.4, 0.5) is 0 Å². The molecule has 0 spiro atoms. The minimum Gasteiger partial charge on any atom is -0.463 e. The number of nitrogens with one attached hydrogen (secondary N) is 1. The smallest absolute Gasteiger partial charge is 0.255 e. The standard InChI is InChI=1S/C18H17NO3/c20-16(13-6-2-1-3-7-13)10-11-19-18(21)15-12-22-17-9-5-4-8-14(15)17/h1-9,12,16,20H,10-11H2,(H,19,21). The Morgan fingerprint density at radius 2 is 1.82 bits per heavy atom. The molecule has 3 aromatic rings. The Morgan fingerprint density at radius 3 is 2.64 bits per heavy atom. The molecule has 112 valence electrons. The maximum absolute atomic E-state index is 12.2. The van der Waals surface area contributed by atoms with Gasteiger partial charge in [0.05, 0.1) is 11.7 Å². The fourth-order valence-corrected chi connectivity index (χ4v) is 2.41. The first-order valence-corrected chi connectivity index (χ1v) is 7.23. The number of hydrogen-bond donors (Lipinski definition) is 2. The van der Waals surface area contributed by atoms with E-state index in [2.05, 4.69) is 5.32 Å². The first kappa shape index (κ1) is 14.4. The second-order valence-corrected chi connectivity index (χ2v) is 5.12. The molecular weight excluding hydrogens is 278 g/mol. The van der Waals surface area contributed by atoms with Crippen LogP contribution in [0.1, 0.15) is 28.4 Å². The van der Waals surface area contributed by atoms with Crippen LogP contribution in [-0.2, 0) is 0 Å². The molecule has 2 N–H and O–H groups in total. The molecule has 22 heavy (non-hydrogen) atoms. The summed E-state index contributed by atoms with van der Waals surface area (Å²) in [5.74, 6) is -0.190. The lowest BCUT2D eigenvalue weighted by Crippen LogP contribution is -2.25. The van der Waals surface area contributed by atoms with E-state index >= 15 is 0 Å². The lowest BCUT2D eigenvalue weighted by molar-refractivity contribution is 0.0943. The molecule has 1 atom stereocenters. The minimum atomic E-state index is -0.581. The van der Waals surface area contributed by atoms with E-state index in [9.17, 15) is 9.90 Å². The van der Waals surface area contributed by atoms with Gasteiger partial charge in [-0.15, -0.1) is 0 Å².